The summed E-state index contributed by atoms with van der Waals surface area (Å²) in [5, 5.41) is 3.23. The van der Waals surface area contributed by atoms with Crippen LogP contribution < -0.4 is 5.32 Å². The molecule has 1 fully saturated rings. The molecule has 0 amide bonds. The van der Waals surface area contributed by atoms with Gasteiger partial charge in [0.1, 0.15) is 5.54 Å². The van der Waals surface area contributed by atoms with Gasteiger partial charge in [0, 0.05) is 6.42 Å². The summed E-state index contributed by atoms with van der Waals surface area (Å²) in [7, 11) is 1.89. The van der Waals surface area contributed by atoms with E-state index in [4.69, 9.17) is 0 Å². The van der Waals surface area contributed by atoms with E-state index in [1.165, 1.54) is 0 Å². The molecular formula is C13H17NO. The van der Waals surface area contributed by atoms with Crippen LogP contribution in [0.5, 0.6) is 0 Å². The summed E-state index contributed by atoms with van der Waals surface area (Å²) in [6.45, 7) is 0. The van der Waals surface area contributed by atoms with E-state index >= 15 is 0 Å². The molecular weight excluding hydrogens is 186 g/mol. The van der Waals surface area contributed by atoms with Crippen molar-refractivity contribution in [3.63, 3.8) is 0 Å². The Morgan fingerprint density at radius 3 is 2.53 bits per heavy atom. The maximum absolute atomic E-state index is 12.1. The number of benzene rings is 1. The topological polar surface area (TPSA) is 29.1 Å². The average molecular weight is 203 g/mol. The van der Waals surface area contributed by atoms with Crippen LogP contribution in [-0.2, 0) is 10.3 Å². The molecule has 15 heavy (non-hydrogen) atoms. The SMILES string of the molecule is CN[C@@]1(c2ccccc2)CCCCC1=O. The summed E-state index contributed by atoms with van der Waals surface area (Å²) in [6, 6.07) is 10.1. The van der Waals surface area contributed by atoms with Gasteiger partial charge < -0.3 is 5.32 Å². The summed E-state index contributed by atoms with van der Waals surface area (Å²) in [4.78, 5) is 12.1. The first-order chi connectivity index (χ1) is 7.29. The van der Waals surface area contributed by atoms with Crippen molar-refractivity contribution in [2.24, 2.45) is 0 Å². The summed E-state index contributed by atoms with van der Waals surface area (Å²) in [6.07, 6.45) is 3.79. The summed E-state index contributed by atoms with van der Waals surface area (Å²) < 4.78 is 0. The maximum atomic E-state index is 12.1. The van der Waals surface area contributed by atoms with E-state index in [9.17, 15) is 4.79 Å². The zero-order valence-corrected chi connectivity index (χ0v) is 9.12. The van der Waals surface area contributed by atoms with Crippen molar-refractivity contribution in [3.8, 4) is 0 Å². The zero-order chi connectivity index (χ0) is 10.7. The van der Waals surface area contributed by atoms with Crippen LogP contribution in [0.1, 0.15) is 31.2 Å². The molecule has 2 heteroatoms. The van der Waals surface area contributed by atoms with Crippen molar-refractivity contribution in [2.75, 3.05) is 7.05 Å². The molecule has 80 valence electrons. The van der Waals surface area contributed by atoms with Gasteiger partial charge in [-0.25, -0.2) is 0 Å². The number of likely N-dealkylation sites (N-methyl/N-ethyl adjacent to an activating group) is 1. The Morgan fingerprint density at radius 1 is 1.20 bits per heavy atom. The van der Waals surface area contributed by atoms with Gasteiger partial charge in [-0.3, -0.25) is 4.79 Å². The number of ketones is 1. The minimum Gasteiger partial charge on any atom is -0.304 e. The third-order valence-corrected chi connectivity index (χ3v) is 3.37. The lowest BCUT2D eigenvalue weighted by Crippen LogP contribution is -2.49. The number of Topliss-reactive ketones (excluding diaryl/α,β-unsaturated/α-hetero) is 1. The molecule has 0 aromatic heterocycles. The van der Waals surface area contributed by atoms with Gasteiger partial charge in [-0.05, 0) is 25.5 Å². The number of carbonyl (C=O) groups is 1. The first-order valence-electron chi connectivity index (χ1n) is 5.57. The second-order valence-electron chi connectivity index (χ2n) is 4.15. The average Bonchev–Trinajstić information content (AvgIpc) is 2.31. The second-order valence-corrected chi connectivity index (χ2v) is 4.15. The van der Waals surface area contributed by atoms with Crippen molar-refractivity contribution < 1.29 is 4.79 Å². The monoisotopic (exact) mass is 203 g/mol. The Balaban J connectivity index is 2.40. The zero-order valence-electron chi connectivity index (χ0n) is 9.12. The minimum atomic E-state index is -0.417. The molecule has 0 unspecified atom stereocenters. The number of rotatable bonds is 2. The van der Waals surface area contributed by atoms with Gasteiger partial charge >= 0.3 is 0 Å². The molecule has 1 atom stereocenters. The largest absolute Gasteiger partial charge is 0.304 e. The van der Waals surface area contributed by atoms with Gasteiger partial charge in [0.05, 0.1) is 0 Å². The Hall–Kier alpha value is -1.15. The summed E-state index contributed by atoms with van der Waals surface area (Å²) in [5.41, 5.74) is 0.691. The first-order valence-corrected chi connectivity index (χ1v) is 5.57. The van der Waals surface area contributed by atoms with Gasteiger partial charge in [0.15, 0.2) is 5.78 Å². The highest BCUT2D eigenvalue weighted by Gasteiger charge is 2.39. The number of hydrogen-bond donors (Lipinski definition) is 1. The Labute approximate surface area is 90.7 Å². The van der Waals surface area contributed by atoms with Crippen LogP contribution in [0.2, 0.25) is 0 Å². The van der Waals surface area contributed by atoms with Crippen LogP contribution in [-0.4, -0.2) is 12.8 Å². The quantitative estimate of drug-likeness (QED) is 0.798. The van der Waals surface area contributed by atoms with E-state index in [0.717, 1.165) is 24.8 Å². The minimum absolute atomic E-state index is 0.336. The fourth-order valence-corrected chi connectivity index (χ4v) is 2.47. The van der Waals surface area contributed by atoms with Crippen molar-refractivity contribution in [3.05, 3.63) is 35.9 Å². The Bertz CT molecular complexity index is 347. The van der Waals surface area contributed by atoms with Crippen molar-refractivity contribution in [1.29, 1.82) is 0 Å². The molecule has 0 saturated heterocycles. The van der Waals surface area contributed by atoms with Crippen molar-refractivity contribution >= 4 is 5.78 Å². The molecule has 0 aliphatic heterocycles. The fourth-order valence-electron chi connectivity index (χ4n) is 2.47. The van der Waals surface area contributed by atoms with Crippen LogP contribution >= 0.6 is 0 Å². The van der Waals surface area contributed by atoms with E-state index in [1.54, 1.807) is 0 Å². The molecule has 1 aromatic rings. The molecule has 2 nitrogen and oxygen atoms in total. The number of hydrogen-bond acceptors (Lipinski definition) is 2. The molecule has 0 radical (unpaired) electrons. The van der Waals surface area contributed by atoms with Gasteiger partial charge in [0.25, 0.3) is 0 Å². The van der Waals surface area contributed by atoms with Crippen LogP contribution in [0.3, 0.4) is 0 Å². The van der Waals surface area contributed by atoms with E-state index in [0.29, 0.717) is 12.2 Å². The lowest BCUT2D eigenvalue weighted by molar-refractivity contribution is -0.127. The number of nitrogens with one attached hydrogen (secondary N) is 1. The van der Waals surface area contributed by atoms with Crippen molar-refractivity contribution in [2.45, 2.75) is 31.2 Å². The van der Waals surface area contributed by atoms with Gasteiger partial charge in [-0.2, -0.15) is 0 Å². The molecule has 1 saturated carbocycles. The molecule has 1 aliphatic carbocycles. The third kappa shape index (κ3) is 1.70. The fraction of sp³-hybridized carbons (Fsp3) is 0.462. The first kappa shape index (κ1) is 10.4. The second kappa shape index (κ2) is 4.15. The standard InChI is InChI=1S/C13H17NO/c1-14-13(10-6-5-9-12(13)15)11-7-3-2-4-8-11/h2-4,7-8,14H,5-6,9-10H2,1H3/t13-/m1/s1. The molecule has 0 spiro atoms. The molecule has 2 rings (SSSR count). The van der Waals surface area contributed by atoms with Crippen LogP contribution in [0.25, 0.3) is 0 Å². The predicted octanol–water partition coefficient (Wildman–Crippen LogP) is 2.24. The third-order valence-electron chi connectivity index (χ3n) is 3.37. The lowest BCUT2D eigenvalue weighted by atomic mass is 9.76. The summed E-state index contributed by atoms with van der Waals surface area (Å²) >= 11 is 0. The van der Waals surface area contributed by atoms with Crippen LogP contribution in [0.4, 0.5) is 0 Å². The molecule has 1 N–H and O–H groups in total. The molecule has 1 aromatic carbocycles. The predicted molar refractivity (Wildman–Crippen MR) is 60.7 cm³/mol. The maximum Gasteiger partial charge on any atom is 0.157 e. The highest BCUT2D eigenvalue weighted by atomic mass is 16.1. The van der Waals surface area contributed by atoms with Crippen molar-refractivity contribution in [1.82, 2.24) is 5.32 Å². The number of carbonyl (C=O) groups excluding carboxylic acids is 1. The smallest absolute Gasteiger partial charge is 0.157 e. The highest BCUT2D eigenvalue weighted by Crippen LogP contribution is 2.33. The van der Waals surface area contributed by atoms with Gasteiger partial charge in [-0.15, -0.1) is 0 Å². The Morgan fingerprint density at radius 2 is 1.93 bits per heavy atom. The van der Waals surface area contributed by atoms with E-state index < -0.39 is 5.54 Å². The molecule has 0 bridgehead atoms. The van der Waals surface area contributed by atoms with E-state index in [2.05, 4.69) is 5.32 Å². The van der Waals surface area contributed by atoms with E-state index in [1.807, 2.05) is 37.4 Å². The van der Waals surface area contributed by atoms with E-state index in [-0.39, 0.29) is 0 Å². The molecule has 1 aliphatic rings. The van der Waals surface area contributed by atoms with Crippen LogP contribution in [0, 0.1) is 0 Å². The summed E-state index contributed by atoms with van der Waals surface area (Å²) in [5.74, 6) is 0.336. The van der Waals surface area contributed by atoms with Gasteiger partial charge in [-0.1, -0.05) is 36.8 Å². The van der Waals surface area contributed by atoms with Crippen LogP contribution in [0.15, 0.2) is 30.3 Å². The lowest BCUT2D eigenvalue weighted by Gasteiger charge is -2.36. The normalized spacial score (nSPS) is 26.6. The molecule has 0 heterocycles. The Kier molecular flexibility index (Phi) is 2.87. The van der Waals surface area contributed by atoms with Gasteiger partial charge in [0.2, 0.25) is 0 Å². The highest BCUT2D eigenvalue weighted by molar-refractivity contribution is 5.90.